The van der Waals surface area contributed by atoms with E-state index in [1.54, 1.807) is 6.92 Å². The summed E-state index contributed by atoms with van der Waals surface area (Å²) < 4.78 is 5.48. The number of carbonyl (C=O) groups is 1. The second-order valence-corrected chi connectivity index (χ2v) is 3.77. The Balaban J connectivity index is 2.64. The first-order valence-corrected chi connectivity index (χ1v) is 4.94. The van der Waals surface area contributed by atoms with Gasteiger partial charge in [-0.05, 0) is 44.0 Å². The van der Waals surface area contributed by atoms with Gasteiger partial charge in [0, 0.05) is 0 Å². The van der Waals surface area contributed by atoms with Crippen LogP contribution in [0.5, 0.6) is 5.75 Å². The fourth-order valence-electron chi connectivity index (χ4n) is 1.31. The largest absolute Gasteiger partial charge is 0.490 e. The van der Waals surface area contributed by atoms with Crippen molar-refractivity contribution >= 4 is 5.97 Å². The molecule has 1 atom stereocenters. The Kier molecular flexibility index (Phi) is 3.72. The molecule has 0 aliphatic rings. The lowest BCUT2D eigenvalue weighted by molar-refractivity contribution is -0.138. The van der Waals surface area contributed by atoms with Gasteiger partial charge in [-0.15, -0.1) is 0 Å². The molecule has 3 heteroatoms. The standard InChI is InChI=1S/C12H16O3/c1-8-4-5-11(6-9(8)2)15-10(3)7-12(13)14/h4-6,10H,7H2,1-3H3,(H,13,14). The first-order chi connectivity index (χ1) is 6.99. The van der Waals surface area contributed by atoms with Gasteiger partial charge in [0.15, 0.2) is 0 Å². The van der Waals surface area contributed by atoms with Crippen LogP contribution in [0.3, 0.4) is 0 Å². The molecule has 0 radical (unpaired) electrons. The van der Waals surface area contributed by atoms with Gasteiger partial charge in [0.25, 0.3) is 0 Å². The molecule has 1 unspecified atom stereocenters. The third-order valence-corrected chi connectivity index (χ3v) is 2.28. The fraction of sp³-hybridized carbons (Fsp3) is 0.417. The lowest BCUT2D eigenvalue weighted by Crippen LogP contribution is -2.16. The Morgan fingerprint density at radius 2 is 2.07 bits per heavy atom. The Morgan fingerprint density at radius 3 is 2.60 bits per heavy atom. The SMILES string of the molecule is Cc1ccc(OC(C)CC(=O)O)cc1C. The second kappa shape index (κ2) is 4.82. The van der Waals surface area contributed by atoms with E-state index in [2.05, 4.69) is 0 Å². The molecule has 0 heterocycles. The Morgan fingerprint density at radius 1 is 1.40 bits per heavy atom. The molecule has 0 aromatic heterocycles. The van der Waals surface area contributed by atoms with E-state index in [1.165, 1.54) is 5.56 Å². The topological polar surface area (TPSA) is 46.5 Å². The summed E-state index contributed by atoms with van der Waals surface area (Å²) in [6, 6.07) is 5.76. The molecule has 0 amide bonds. The number of rotatable bonds is 4. The Bertz CT molecular complexity index is 358. The molecule has 0 saturated carbocycles. The van der Waals surface area contributed by atoms with Crippen LogP contribution in [-0.2, 0) is 4.79 Å². The summed E-state index contributed by atoms with van der Waals surface area (Å²) in [4.78, 5) is 10.4. The van der Waals surface area contributed by atoms with Crippen molar-refractivity contribution in [3.63, 3.8) is 0 Å². The van der Waals surface area contributed by atoms with E-state index in [-0.39, 0.29) is 12.5 Å². The van der Waals surface area contributed by atoms with Gasteiger partial charge in [0.2, 0.25) is 0 Å². The zero-order valence-corrected chi connectivity index (χ0v) is 9.28. The van der Waals surface area contributed by atoms with Crippen LogP contribution in [0.4, 0.5) is 0 Å². The van der Waals surface area contributed by atoms with Crippen LogP contribution in [0.2, 0.25) is 0 Å². The summed E-state index contributed by atoms with van der Waals surface area (Å²) >= 11 is 0. The van der Waals surface area contributed by atoms with Gasteiger partial charge < -0.3 is 9.84 Å². The van der Waals surface area contributed by atoms with Gasteiger partial charge in [0.1, 0.15) is 11.9 Å². The first-order valence-electron chi connectivity index (χ1n) is 4.94. The first kappa shape index (κ1) is 11.6. The van der Waals surface area contributed by atoms with Crippen LogP contribution in [0.15, 0.2) is 18.2 Å². The van der Waals surface area contributed by atoms with Gasteiger partial charge >= 0.3 is 5.97 Å². The van der Waals surface area contributed by atoms with Crippen LogP contribution in [-0.4, -0.2) is 17.2 Å². The van der Waals surface area contributed by atoms with Crippen molar-refractivity contribution < 1.29 is 14.6 Å². The molecular formula is C12H16O3. The molecular weight excluding hydrogens is 192 g/mol. The summed E-state index contributed by atoms with van der Waals surface area (Å²) in [5.41, 5.74) is 2.35. The highest BCUT2D eigenvalue weighted by Crippen LogP contribution is 2.18. The molecule has 0 aliphatic heterocycles. The summed E-state index contributed by atoms with van der Waals surface area (Å²) in [5, 5.41) is 8.58. The molecule has 0 aliphatic carbocycles. The lowest BCUT2D eigenvalue weighted by Gasteiger charge is -2.13. The molecule has 82 valence electrons. The second-order valence-electron chi connectivity index (χ2n) is 3.77. The van der Waals surface area contributed by atoms with Gasteiger partial charge in [-0.2, -0.15) is 0 Å². The average Bonchev–Trinajstić information content (AvgIpc) is 2.10. The average molecular weight is 208 g/mol. The molecule has 0 spiro atoms. The summed E-state index contributed by atoms with van der Waals surface area (Å²) in [6.45, 7) is 5.78. The van der Waals surface area contributed by atoms with Crippen LogP contribution in [0.25, 0.3) is 0 Å². The van der Waals surface area contributed by atoms with Crippen LogP contribution in [0.1, 0.15) is 24.5 Å². The number of hydrogen-bond donors (Lipinski definition) is 1. The van der Waals surface area contributed by atoms with Gasteiger partial charge in [-0.3, -0.25) is 4.79 Å². The van der Waals surface area contributed by atoms with Crippen molar-refractivity contribution in [1.82, 2.24) is 0 Å². The van der Waals surface area contributed by atoms with E-state index in [1.807, 2.05) is 32.0 Å². The minimum Gasteiger partial charge on any atom is -0.490 e. The normalized spacial score (nSPS) is 12.2. The van der Waals surface area contributed by atoms with Gasteiger partial charge in [-0.25, -0.2) is 0 Å². The highest BCUT2D eigenvalue weighted by atomic mass is 16.5. The lowest BCUT2D eigenvalue weighted by atomic mass is 10.1. The summed E-state index contributed by atoms with van der Waals surface area (Å²) in [5.74, 6) is -0.113. The molecule has 1 N–H and O–H groups in total. The zero-order chi connectivity index (χ0) is 11.4. The maximum absolute atomic E-state index is 10.4. The van der Waals surface area contributed by atoms with Crippen molar-refractivity contribution in [1.29, 1.82) is 0 Å². The molecule has 15 heavy (non-hydrogen) atoms. The van der Waals surface area contributed by atoms with Crippen molar-refractivity contribution in [2.45, 2.75) is 33.3 Å². The molecule has 1 aromatic rings. The number of aliphatic carboxylic acids is 1. The van der Waals surface area contributed by atoms with E-state index in [0.29, 0.717) is 0 Å². The fourth-order valence-corrected chi connectivity index (χ4v) is 1.31. The quantitative estimate of drug-likeness (QED) is 0.827. The monoisotopic (exact) mass is 208 g/mol. The molecule has 1 rings (SSSR count). The van der Waals surface area contributed by atoms with E-state index in [9.17, 15) is 4.79 Å². The van der Waals surface area contributed by atoms with Crippen molar-refractivity contribution in [2.24, 2.45) is 0 Å². The predicted octanol–water partition coefficient (Wildman–Crippen LogP) is 2.55. The molecule has 3 nitrogen and oxygen atoms in total. The highest BCUT2D eigenvalue weighted by molar-refractivity contribution is 5.67. The van der Waals surface area contributed by atoms with Crippen LogP contribution in [0, 0.1) is 13.8 Å². The number of aryl methyl sites for hydroxylation is 2. The number of benzene rings is 1. The third kappa shape index (κ3) is 3.62. The molecule has 0 fully saturated rings. The number of ether oxygens (including phenoxy) is 1. The molecule has 0 saturated heterocycles. The van der Waals surface area contributed by atoms with Crippen LogP contribution < -0.4 is 4.74 Å². The Labute approximate surface area is 89.7 Å². The molecule has 1 aromatic carbocycles. The number of hydrogen-bond acceptors (Lipinski definition) is 2. The van der Waals surface area contributed by atoms with Crippen molar-refractivity contribution in [2.75, 3.05) is 0 Å². The summed E-state index contributed by atoms with van der Waals surface area (Å²) in [7, 11) is 0. The Hall–Kier alpha value is -1.51. The van der Waals surface area contributed by atoms with Gasteiger partial charge in [-0.1, -0.05) is 6.07 Å². The minimum atomic E-state index is -0.841. The summed E-state index contributed by atoms with van der Waals surface area (Å²) in [6.07, 6.45) is -0.281. The maximum atomic E-state index is 10.4. The van der Waals surface area contributed by atoms with Crippen LogP contribution >= 0.6 is 0 Å². The van der Waals surface area contributed by atoms with E-state index in [4.69, 9.17) is 9.84 Å². The van der Waals surface area contributed by atoms with Gasteiger partial charge in [0.05, 0.1) is 6.42 Å². The van der Waals surface area contributed by atoms with E-state index in [0.717, 1.165) is 11.3 Å². The maximum Gasteiger partial charge on any atom is 0.307 e. The molecule has 0 bridgehead atoms. The predicted molar refractivity (Wildman–Crippen MR) is 58.3 cm³/mol. The zero-order valence-electron chi connectivity index (χ0n) is 9.28. The van der Waals surface area contributed by atoms with Crippen molar-refractivity contribution in [3.05, 3.63) is 29.3 Å². The van der Waals surface area contributed by atoms with Crippen molar-refractivity contribution in [3.8, 4) is 5.75 Å². The number of carboxylic acid groups (broad SMARTS) is 1. The third-order valence-electron chi connectivity index (χ3n) is 2.28. The minimum absolute atomic E-state index is 0.0208. The van der Waals surface area contributed by atoms with E-state index >= 15 is 0 Å². The van der Waals surface area contributed by atoms with E-state index < -0.39 is 5.97 Å². The highest BCUT2D eigenvalue weighted by Gasteiger charge is 2.09. The smallest absolute Gasteiger partial charge is 0.307 e. The number of carboxylic acids is 1.